The molecule has 2 aromatic rings. The third kappa shape index (κ3) is 2.86. The highest BCUT2D eigenvalue weighted by molar-refractivity contribution is 7.03. The van der Waals surface area contributed by atoms with E-state index in [4.69, 9.17) is 4.84 Å². The standard InChI is InChI=1S/C21H26N2O2Si/c1-21(2,3)26(18-11-7-5-8-12-18,19-13-9-6-10-14-19)23-17(15-20(23)24)16-22-25-4/h5-14,16-17H,15H2,1-4H3/b22-16+/t17-/m0/s1. The molecular weight excluding hydrogens is 340 g/mol. The molecule has 0 aromatic heterocycles. The molecule has 26 heavy (non-hydrogen) atoms. The van der Waals surface area contributed by atoms with Crippen LogP contribution in [-0.2, 0) is 9.63 Å². The summed E-state index contributed by atoms with van der Waals surface area (Å²) in [5.74, 6) is 0.187. The van der Waals surface area contributed by atoms with Crippen molar-refractivity contribution in [3.05, 3.63) is 60.7 Å². The van der Waals surface area contributed by atoms with E-state index in [9.17, 15) is 4.79 Å². The van der Waals surface area contributed by atoms with Crippen LogP contribution in [0.5, 0.6) is 0 Å². The van der Waals surface area contributed by atoms with Crippen molar-refractivity contribution in [2.24, 2.45) is 5.16 Å². The second-order valence-corrected chi connectivity index (χ2v) is 12.2. The fourth-order valence-electron chi connectivity index (χ4n) is 4.16. The number of β-lactam (4-membered cyclic amide) rings is 1. The van der Waals surface area contributed by atoms with Gasteiger partial charge in [-0.15, -0.1) is 0 Å². The lowest BCUT2D eigenvalue weighted by atomic mass is 10.1. The zero-order chi connectivity index (χ0) is 18.8. The second kappa shape index (κ2) is 7.07. The van der Waals surface area contributed by atoms with Gasteiger partial charge in [0, 0.05) is 0 Å². The quantitative estimate of drug-likeness (QED) is 0.353. The summed E-state index contributed by atoms with van der Waals surface area (Å²) in [6.45, 7) is 6.74. The third-order valence-corrected chi connectivity index (χ3v) is 11.0. The van der Waals surface area contributed by atoms with E-state index >= 15 is 0 Å². The smallest absolute Gasteiger partial charge is 0.229 e. The first-order valence-corrected chi connectivity index (χ1v) is 10.9. The van der Waals surface area contributed by atoms with Crippen LogP contribution in [0.2, 0.25) is 5.04 Å². The summed E-state index contributed by atoms with van der Waals surface area (Å²) < 4.78 is 2.11. The van der Waals surface area contributed by atoms with E-state index < -0.39 is 8.24 Å². The normalized spacial score (nSPS) is 18.1. The van der Waals surface area contributed by atoms with E-state index in [0.29, 0.717) is 6.42 Å². The highest BCUT2D eigenvalue weighted by atomic mass is 28.3. The zero-order valence-electron chi connectivity index (χ0n) is 15.8. The summed E-state index contributed by atoms with van der Waals surface area (Å²) in [4.78, 5) is 17.8. The highest BCUT2D eigenvalue weighted by Crippen LogP contribution is 2.42. The van der Waals surface area contributed by atoms with Crippen LogP contribution in [0.4, 0.5) is 0 Å². The van der Waals surface area contributed by atoms with Crippen molar-refractivity contribution in [3.8, 4) is 0 Å². The number of carbonyl (C=O) groups is 1. The molecule has 1 aliphatic rings. The molecule has 1 aliphatic heterocycles. The maximum atomic E-state index is 12.9. The fraction of sp³-hybridized carbons (Fsp3) is 0.333. The van der Waals surface area contributed by atoms with Gasteiger partial charge in [0.05, 0.1) is 18.7 Å². The second-order valence-electron chi connectivity index (χ2n) is 7.66. The van der Waals surface area contributed by atoms with Crippen molar-refractivity contribution in [2.45, 2.75) is 38.3 Å². The van der Waals surface area contributed by atoms with Crippen LogP contribution in [0.3, 0.4) is 0 Å². The molecule has 4 nitrogen and oxygen atoms in total. The molecule has 0 unspecified atom stereocenters. The Morgan fingerprint density at radius 1 is 1.04 bits per heavy atom. The van der Waals surface area contributed by atoms with Crippen LogP contribution in [0.1, 0.15) is 27.2 Å². The number of hydrogen-bond donors (Lipinski definition) is 0. The average molecular weight is 367 g/mol. The summed E-state index contributed by atoms with van der Waals surface area (Å²) in [7, 11) is -1.07. The van der Waals surface area contributed by atoms with E-state index in [2.05, 4.69) is 79.0 Å². The van der Waals surface area contributed by atoms with Crippen molar-refractivity contribution < 1.29 is 9.63 Å². The molecular formula is C21H26N2O2Si. The first-order valence-electron chi connectivity index (χ1n) is 8.93. The van der Waals surface area contributed by atoms with Gasteiger partial charge < -0.3 is 9.40 Å². The largest absolute Gasteiger partial charge is 0.399 e. The molecule has 0 bridgehead atoms. The summed E-state index contributed by atoms with van der Waals surface area (Å²) in [5, 5.41) is 6.34. The number of rotatable bonds is 5. The number of carbonyl (C=O) groups excluding carboxylic acids is 1. The van der Waals surface area contributed by atoms with Gasteiger partial charge in [-0.2, -0.15) is 0 Å². The Hall–Kier alpha value is -2.40. The van der Waals surface area contributed by atoms with Crippen LogP contribution >= 0.6 is 0 Å². The van der Waals surface area contributed by atoms with Gasteiger partial charge in [0.15, 0.2) is 0 Å². The molecule has 0 N–H and O–H groups in total. The third-order valence-electron chi connectivity index (χ3n) is 5.15. The van der Waals surface area contributed by atoms with E-state index in [1.165, 1.54) is 17.5 Å². The van der Waals surface area contributed by atoms with Crippen molar-refractivity contribution in [1.29, 1.82) is 0 Å². The minimum Gasteiger partial charge on any atom is -0.399 e. The molecule has 2 aromatic carbocycles. The highest BCUT2D eigenvalue weighted by Gasteiger charge is 2.59. The van der Waals surface area contributed by atoms with Crippen LogP contribution in [0.25, 0.3) is 0 Å². The Labute approximate surface area is 156 Å². The minimum absolute atomic E-state index is 0.0336. The predicted molar refractivity (Wildman–Crippen MR) is 108 cm³/mol. The Balaban J connectivity index is 2.28. The zero-order valence-corrected chi connectivity index (χ0v) is 16.8. The first-order chi connectivity index (χ1) is 12.4. The number of amides is 1. The summed E-state index contributed by atoms with van der Waals surface area (Å²) in [6, 6.07) is 20.9. The van der Waals surface area contributed by atoms with Crippen LogP contribution < -0.4 is 10.4 Å². The molecule has 5 heteroatoms. The SMILES string of the molecule is CO/N=C/[C@@H]1CC(=O)N1[Si](c1ccccc1)(c1ccccc1)C(C)(C)C. The number of oxime groups is 1. The van der Waals surface area contributed by atoms with Gasteiger partial charge in [-0.05, 0) is 15.4 Å². The summed E-state index contributed by atoms with van der Waals surface area (Å²) in [5.41, 5.74) is 0. The minimum atomic E-state index is -2.61. The molecule has 0 aliphatic carbocycles. The Kier molecular flexibility index (Phi) is 5.00. The Bertz CT molecular complexity index is 745. The van der Waals surface area contributed by atoms with E-state index in [0.717, 1.165) is 0 Å². The lowest BCUT2D eigenvalue weighted by Gasteiger charge is -2.57. The van der Waals surface area contributed by atoms with Gasteiger partial charge in [0.25, 0.3) is 0 Å². The predicted octanol–water partition coefficient (Wildman–Crippen LogP) is 2.78. The molecule has 0 saturated carbocycles. The maximum absolute atomic E-state index is 12.9. The number of nitrogens with zero attached hydrogens (tertiary/aromatic N) is 2. The molecule has 1 amide bonds. The van der Waals surface area contributed by atoms with E-state index in [1.54, 1.807) is 6.21 Å². The lowest BCUT2D eigenvalue weighted by molar-refractivity contribution is -0.136. The molecule has 0 radical (unpaired) electrons. The van der Waals surface area contributed by atoms with Crippen molar-refractivity contribution in [3.63, 3.8) is 0 Å². The van der Waals surface area contributed by atoms with Crippen molar-refractivity contribution in [2.75, 3.05) is 7.11 Å². The molecule has 1 heterocycles. The molecule has 0 spiro atoms. The Morgan fingerprint density at radius 2 is 1.54 bits per heavy atom. The van der Waals surface area contributed by atoms with Crippen LogP contribution in [0, 0.1) is 0 Å². The molecule has 3 rings (SSSR count). The topological polar surface area (TPSA) is 41.9 Å². The average Bonchev–Trinajstić information content (AvgIpc) is 2.63. The van der Waals surface area contributed by atoms with Crippen molar-refractivity contribution in [1.82, 2.24) is 4.57 Å². The van der Waals surface area contributed by atoms with E-state index in [-0.39, 0.29) is 17.0 Å². The molecule has 1 atom stereocenters. The van der Waals surface area contributed by atoms with Crippen LogP contribution in [-0.4, -0.2) is 38.1 Å². The van der Waals surface area contributed by atoms with Gasteiger partial charge in [-0.3, -0.25) is 4.79 Å². The lowest BCUT2D eigenvalue weighted by Crippen LogP contribution is -2.81. The van der Waals surface area contributed by atoms with Gasteiger partial charge >= 0.3 is 0 Å². The van der Waals surface area contributed by atoms with Gasteiger partial charge in [0.2, 0.25) is 14.1 Å². The number of hydrogen-bond acceptors (Lipinski definition) is 3. The maximum Gasteiger partial charge on any atom is 0.229 e. The molecule has 136 valence electrons. The van der Waals surface area contributed by atoms with Gasteiger partial charge in [-0.25, -0.2) is 0 Å². The van der Waals surface area contributed by atoms with Crippen molar-refractivity contribution >= 4 is 30.7 Å². The molecule has 1 saturated heterocycles. The fourth-order valence-corrected chi connectivity index (χ4v) is 9.97. The Morgan fingerprint density at radius 3 is 1.92 bits per heavy atom. The molecule has 1 fully saturated rings. The van der Waals surface area contributed by atoms with Gasteiger partial charge in [-0.1, -0.05) is 86.6 Å². The van der Waals surface area contributed by atoms with Crippen LogP contribution in [0.15, 0.2) is 65.8 Å². The van der Waals surface area contributed by atoms with E-state index in [1.807, 2.05) is 12.1 Å². The number of benzene rings is 2. The summed E-state index contributed by atoms with van der Waals surface area (Å²) >= 11 is 0. The van der Waals surface area contributed by atoms with Gasteiger partial charge in [0.1, 0.15) is 7.11 Å². The monoisotopic (exact) mass is 366 g/mol. The first kappa shape index (κ1) is 18.4. The summed E-state index contributed by atoms with van der Waals surface area (Å²) in [6.07, 6.45) is 2.25.